The van der Waals surface area contributed by atoms with Crippen LogP contribution in [0.4, 0.5) is 5.69 Å². The molecule has 1 aromatic rings. The standard InChI is InChI=1S/C13H17NO2/c1-3-9-4-6-11-10(8-9)5-7-12(13(15)16)14(11)2/h4,6,8,12H,3,5,7H2,1-2H3,(H,15,16). The second-order valence-electron chi connectivity index (χ2n) is 4.32. The number of hydrogen-bond donors (Lipinski definition) is 1. The van der Waals surface area contributed by atoms with Crippen molar-refractivity contribution in [3.05, 3.63) is 29.3 Å². The maximum Gasteiger partial charge on any atom is 0.326 e. The first kappa shape index (κ1) is 11.0. The number of likely N-dealkylation sites (N-methyl/N-ethyl adjacent to an activating group) is 1. The Morgan fingerprint density at radius 2 is 2.31 bits per heavy atom. The Kier molecular flexibility index (Phi) is 2.86. The smallest absolute Gasteiger partial charge is 0.326 e. The van der Waals surface area contributed by atoms with E-state index in [1.54, 1.807) is 0 Å². The van der Waals surface area contributed by atoms with Crippen molar-refractivity contribution in [3.63, 3.8) is 0 Å². The lowest BCUT2D eigenvalue weighted by atomic mass is 9.94. The minimum Gasteiger partial charge on any atom is -0.480 e. The summed E-state index contributed by atoms with van der Waals surface area (Å²) in [6, 6.07) is 5.95. The molecule has 0 aliphatic carbocycles. The first-order valence-corrected chi connectivity index (χ1v) is 5.71. The molecule has 0 amide bonds. The second kappa shape index (κ2) is 4.16. The SMILES string of the molecule is CCc1ccc2c(c1)CCC(C(=O)O)N2C. The topological polar surface area (TPSA) is 40.5 Å². The highest BCUT2D eigenvalue weighted by Gasteiger charge is 2.28. The molecule has 1 heterocycles. The zero-order valence-corrected chi connectivity index (χ0v) is 9.73. The lowest BCUT2D eigenvalue weighted by Crippen LogP contribution is -2.41. The molecule has 0 bridgehead atoms. The number of nitrogens with zero attached hydrogens (tertiary/aromatic N) is 1. The van der Waals surface area contributed by atoms with Crippen molar-refractivity contribution in [1.82, 2.24) is 0 Å². The molecule has 86 valence electrons. The molecule has 3 heteroatoms. The third-order valence-electron chi connectivity index (χ3n) is 3.37. The van der Waals surface area contributed by atoms with E-state index in [0.717, 1.165) is 18.5 Å². The number of carbonyl (C=O) groups is 1. The van der Waals surface area contributed by atoms with Gasteiger partial charge in [0.1, 0.15) is 6.04 Å². The second-order valence-corrected chi connectivity index (χ2v) is 4.32. The average molecular weight is 219 g/mol. The van der Waals surface area contributed by atoms with Crippen molar-refractivity contribution >= 4 is 11.7 Å². The summed E-state index contributed by atoms with van der Waals surface area (Å²) < 4.78 is 0. The van der Waals surface area contributed by atoms with Gasteiger partial charge in [0.2, 0.25) is 0 Å². The number of fused-ring (bicyclic) bond motifs is 1. The average Bonchev–Trinajstić information content (AvgIpc) is 2.28. The number of aliphatic carboxylic acids is 1. The highest BCUT2D eigenvalue weighted by Crippen LogP contribution is 2.30. The summed E-state index contributed by atoms with van der Waals surface area (Å²) in [5.41, 5.74) is 3.66. The maximum absolute atomic E-state index is 11.1. The highest BCUT2D eigenvalue weighted by atomic mass is 16.4. The Hall–Kier alpha value is -1.51. The first-order chi connectivity index (χ1) is 7.63. The van der Waals surface area contributed by atoms with Crippen molar-refractivity contribution in [3.8, 4) is 0 Å². The summed E-state index contributed by atoms with van der Waals surface area (Å²) in [6.07, 6.45) is 2.59. The zero-order valence-electron chi connectivity index (χ0n) is 9.73. The predicted octanol–water partition coefficient (Wildman–Crippen LogP) is 2.08. The molecule has 1 atom stereocenters. The minimum absolute atomic E-state index is 0.375. The van der Waals surface area contributed by atoms with Gasteiger partial charge in [0.05, 0.1) is 0 Å². The van der Waals surface area contributed by atoms with Gasteiger partial charge in [-0.3, -0.25) is 0 Å². The van der Waals surface area contributed by atoms with E-state index in [9.17, 15) is 4.79 Å². The highest BCUT2D eigenvalue weighted by molar-refractivity contribution is 5.79. The summed E-state index contributed by atoms with van der Waals surface area (Å²) in [7, 11) is 1.86. The van der Waals surface area contributed by atoms with E-state index in [4.69, 9.17) is 5.11 Å². The maximum atomic E-state index is 11.1. The van der Waals surface area contributed by atoms with Crippen molar-refractivity contribution in [2.45, 2.75) is 32.2 Å². The molecule has 16 heavy (non-hydrogen) atoms. The Morgan fingerprint density at radius 1 is 1.56 bits per heavy atom. The molecule has 2 rings (SSSR count). The third kappa shape index (κ3) is 1.77. The van der Waals surface area contributed by atoms with Crippen LogP contribution in [0.15, 0.2) is 18.2 Å². The van der Waals surface area contributed by atoms with E-state index in [0.29, 0.717) is 6.42 Å². The van der Waals surface area contributed by atoms with E-state index in [2.05, 4.69) is 19.1 Å². The Balaban J connectivity index is 2.35. The predicted molar refractivity (Wildman–Crippen MR) is 64.0 cm³/mol. The fraction of sp³-hybridized carbons (Fsp3) is 0.462. The number of rotatable bonds is 2. The van der Waals surface area contributed by atoms with E-state index in [1.165, 1.54) is 11.1 Å². The molecule has 1 aliphatic heterocycles. The molecule has 1 unspecified atom stereocenters. The van der Waals surface area contributed by atoms with Gasteiger partial charge in [-0.05, 0) is 36.5 Å². The number of benzene rings is 1. The molecule has 0 aromatic heterocycles. The van der Waals surface area contributed by atoms with Gasteiger partial charge in [0.25, 0.3) is 0 Å². The molecular weight excluding hydrogens is 202 g/mol. The van der Waals surface area contributed by atoms with Gasteiger partial charge in [0.15, 0.2) is 0 Å². The lowest BCUT2D eigenvalue weighted by Gasteiger charge is -2.33. The molecule has 1 aliphatic rings. The van der Waals surface area contributed by atoms with Gasteiger partial charge >= 0.3 is 5.97 Å². The van der Waals surface area contributed by atoms with Gasteiger partial charge in [-0.1, -0.05) is 19.1 Å². The Bertz CT molecular complexity index is 414. The van der Waals surface area contributed by atoms with Crippen molar-refractivity contribution in [1.29, 1.82) is 0 Å². The molecule has 0 saturated heterocycles. The minimum atomic E-state index is -0.729. The number of hydrogen-bond acceptors (Lipinski definition) is 2. The summed E-state index contributed by atoms with van der Waals surface area (Å²) in [6.45, 7) is 2.13. The van der Waals surface area contributed by atoms with Crippen LogP contribution in [-0.2, 0) is 17.6 Å². The van der Waals surface area contributed by atoms with Gasteiger partial charge in [-0.2, -0.15) is 0 Å². The molecule has 1 N–H and O–H groups in total. The van der Waals surface area contributed by atoms with E-state index < -0.39 is 5.97 Å². The summed E-state index contributed by atoms with van der Waals surface area (Å²) in [5.74, 6) is -0.729. The van der Waals surface area contributed by atoms with Crippen molar-refractivity contribution in [2.75, 3.05) is 11.9 Å². The van der Waals surface area contributed by atoms with Crippen LogP contribution in [0, 0.1) is 0 Å². The van der Waals surface area contributed by atoms with Crippen LogP contribution in [0.2, 0.25) is 0 Å². The third-order valence-corrected chi connectivity index (χ3v) is 3.37. The number of carboxylic acid groups (broad SMARTS) is 1. The Labute approximate surface area is 95.7 Å². The number of aryl methyl sites for hydroxylation is 2. The fourth-order valence-corrected chi connectivity index (χ4v) is 2.35. The summed E-state index contributed by atoms with van der Waals surface area (Å²) >= 11 is 0. The molecule has 3 nitrogen and oxygen atoms in total. The van der Waals surface area contributed by atoms with Crippen LogP contribution < -0.4 is 4.90 Å². The van der Waals surface area contributed by atoms with E-state index >= 15 is 0 Å². The van der Waals surface area contributed by atoms with Crippen LogP contribution in [0.25, 0.3) is 0 Å². The van der Waals surface area contributed by atoms with Crippen LogP contribution in [0.1, 0.15) is 24.5 Å². The molecule has 1 aromatic carbocycles. The van der Waals surface area contributed by atoms with Crippen LogP contribution in [0.3, 0.4) is 0 Å². The van der Waals surface area contributed by atoms with E-state index in [-0.39, 0.29) is 6.04 Å². The Morgan fingerprint density at radius 3 is 2.94 bits per heavy atom. The number of anilines is 1. The monoisotopic (exact) mass is 219 g/mol. The molecule has 0 spiro atoms. The molecule has 0 radical (unpaired) electrons. The van der Waals surface area contributed by atoms with Gasteiger partial charge in [-0.25, -0.2) is 4.79 Å². The summed E-state index contributed by atoms with van der Waals surface area (Å²) in [5, 5.41) is 9.09. The van der Waals surface area contributed by atoms with Gasteiger partial charge < -0.3 is 10.0 Å². The number of carboxylic acids is 1. The van der Waals surface area contributed by atoms with Crippen LogP contribution in [0.5, 0.6) is 0 Å². The van der Waals surface area contributed by atoms with E-state index in [1.807, 2.05) is 18.0 Å². The van der Waals surface area contributed by atoms with Gasteiger partial charge in [-0.15, -0.1) is 0 Å². The first-order valence-electron chi connectivity index (χ1n) is 5.71. The summed E-state index contributed by atoms with van der Waals surface area (Å²) in [4.78, 5) is 12.9. The van der Waals surface area contributed by atoms with Crippen molar-refractivity contribution in [2.24, 2.45) is 0 Å². The molecular formula is C13H17NO2. The largest absolute Gasteiger partial charge is 0.480 e. The normalized spacial score (nSPS) is 19.4. The quantitative estimate of drug-likeness (QED) is 0.828. The molecule has 0 fully saturated rings. The van der Waals surface area contributed by atoms with Crippen LogP contribution >= 0.6 is 0 Å². The van der Waals surface area contributed by atoms with Crippen LogP contribution in [-0.4, -0.2) is 24.2 Å². The van der Waals surface area contributed by atoms with Gasteiger partial charge in [0, 0.05) is 12.7 Å². The molecule has 0 saturated carbocycles. The van der Waals surface area contributed by atoms with Crippen molar-refractivity contribution < 1.29 is 9.90 Å². The zero-order chi connectivity index (χ0) is 11.7. The lowest BCUT2D eigenvalue weighted by molar-refractivity contribution is -0.138. The fourth-order valence-electron chi connectivity index (χ4n) is 2.35.